The van der Waals surface area contributed by atoms with E-state index in [9.17, 15) is 4.79 Å². The molecule has 0 aromatic heterocycles. The van der Waals surface area contributed by atoms with Gasteiger partial charge in [-0.1, -0.05) is 49.7 Å². The Hall–Kier alpha value is -2.33. The second kappa shape index (κ2) is 11.4. The van der Waals surface area contributed by atoms with Crippen LogP contribution in [0.25, 0.3) is 0 Å². The highest BCUT2D eigenvalue weighted by atomic mass is 16.4. The van der Waals surface area contributed by atoms with E-state index in [0.717, 1.165) is 45.2 Å². The molecule has 1 aliphatic heterocycles. The molecule has 0 atom stereocenters. The number of rotatable bonds is 7. The molecule has 2 N–H and O–H groups in total. The maximum absolute atomic E-state index is 9.76. The Bertz CT molecular complexity index is 668. The van der Waals surface area contributed by atoms with Crippen LogP contribution >= 0.6 is 0 Å². The topological polar surface area (TPSA) is 52.6 Å². The molecular formula is C23H32N2O2. The number of unbranched alkanes of at least 4 members (excludes halogenated alkanes) is 1. The van der Waals surface area contributed by atoms with Gasteiger partial charge in [-0.3, -0.25) is 4.79 Å². The lowest BCUT2D eigenvalue weighted by Gasteiger charge is -2.27. The number of nitrogens with zero attached hydrogens (tertiary/aromatic N) is 1. The third-order valence-electron chi connectivity index (χ3n) is 4.78. The molecule has 0 fully saturated rings. The molecule has 0 saturated carbocycles. The Morgan fingerprint density at radius 2 is 1.56 bits per heavy atom. The minimum absolute atomic E-state index is 0.316. The Balaban J connectivity index is 0.000000321. The molecular weight excluding hydrogens is 336 g/mol. The highest BCUT2D eigenvalue weighted by Gasteiger charge is 2.19. The summed E-state index contributed by atoms with van der Waals surface area (Å²) in [6.07, 6.45) is 5.50. The zero-order valence-electron chi connectivity index (χ0n) is 16.6. The van der Waals surface area contributed by atoms with E-state index in [4.69, 9.17) is 5.11 Å². The lowest BCUT2D eigenvalue weighted by Crippen LogP contribution is -2.22. The van der Waals surface area contributed by atoms with Crippen LogP contribution in [0.4, 0.5) is 11.4 Å². The van der Waals surface area contributed by atoms with E-state index < -0.39 is 5.97 Å². The van der Waals surface area contributed by atoms with Crippen LogP contribution in [0, 0.1) is 0 Å². The number of hydrogen-bond acceptors (Lipinski definition) is 3. The van der Waals surface area contributed by atoms with E-state index in [2.05, 4.69) is 58.7 Å². The van der Waals surface area contributed by atoms with Crippen molar-refractivity contribution in [3.8, 4) is 0 Å². The van der Waals surface area contributed by atoms with Crippen LogP contribution in [-0.4, -0.2) is 31.2 Å². The molecule has 146 valence electrons. The molecule has 2 aromatic carbocycles. The normalized spacial score (nSPS) is 12.3. The first-order valence-corrected chi connectivity index (χ1v) is 9.97. The highest BCUT2D eigenvalue weighted by Crippen LogP contribution is 2.35. The van der Waals surface area contributed by atoms with Gasteiger partial charge in [0.1, 0.15) is 0 Å². The fraction of sp³-hybridized carbons (Fsp3) is 0.435. The van der Waals surface area contributed by atoms with E-state index >= 15 is 0 Å². The van der Waals surface area contributed by atoms with Crippen molar-refractivity contribution in [3.05, 3.63) is 59.7 Å². The summed E-state index contributed by atoms with van der Waals surface area (Å²) in [7, 11) is 2.02. The summed E-state index contributed by atoms with van der Waals surface area (Å²) in [5.41, 5.74) is 5.70. The molecule has 0 bridgehead atoms. The number of benzene rings is 2. The fourth-order valence-electron chi connectivity index (χ4n) is 3.35. The maximum Gasteiger partial charge on any atom is 0.303 e. The van der Waals surface area contributed by atoms with Crippen LogP contribution in [0.5, 0.6) is 0 Å². The molecule has 1 aliphatic rings. The number of carboxylic acids is 1. The predicted molar refractivity (Wildman–Crippen MR) is 113 cm³/mol. The number of hydrogen-bond donors (Lipinski definition) is 2. The van der Waals surface area contributed by atoms with Crippen molar-refractivity contribution in [1.82, 2.24) is 5.32 Å². The molecule has 1 heterocycles. The molecule has 0 amide bonds. The third-order valence-corrected chi connectivity index (χ3v) is 4.78. The second-order valence-electron chi connectivity index (χ2n) is 6.86. The van der Waals surface area contributed by atoms with Gasteiger partial charge < -0.3 is 15.3 Å². The first kappa shape index (κ1) is 21.0. The summed E-state index contributed by atoms with van der Waals surface area (Å²) in [6, 6.07) is 17.7. The fourth-order valence-corrected chi connectivity index (χ4v) is 3.35. The lowest BCUT2D eigenvalue weighted by atomic mass is 10.0. The van der Waals surface area contributed by atoms with Gasteiger partial charge in [0, 0.05) is 24.3 Å². The number of anilines is 2. The van der Waals surface area contributed by atoms with Gasteiger partial charge in [-0.25, -0.2) is 0 Å². The van der Waals surface area contributed by atoms with Crippen molar-refractivity contribution < 1.29 is 9.90 Å². The van der Waals surface area contributed by atoms with E-state index in [1.54, 1.807) is 0 Å². The van der Waals surface area contributed by atoms with Crippen LogP contribution in [0.2, 0.25) is 0 Å². The first-order valence-electron chi connectivity index (χ1n) is 9.97. The Morgan fingerprint density at radius 3 is 2.00 bits per heavy atom. The zero-order chi connectivity index (χ0) is 19.5. The molecule has 0 unspecified atom stereocenters. The lowest BCUT2D eigenvalue weighted by molar-refractivity contribution is -0.137. The van der Waals surface area contributed by atoms with Crippen molar-refractivity contribution in [3.63, 3.8) is 0 Å². The van der Waals surface area contributed by atoms with Crippen molar-refractivity contribution in [2.75, 3.05) is 25.0 Å². The number of para-hydroxylation sites is 2. The molecule has 0 aliphatic carbocycles. The number of carboxylic acid groups (broad SMARTS) is 1. The molecule has 27 heavy (non-hydrogen) atoms. The van der Waals surface area contributed by atoms with Gasteiger partial charge >= 0.3 is 5.97 Å². The minimum atomic E-state index is -0.693. The van der Waals surface area contributed by atoms with Crippen molar-refractivity contribution >= 4 is 17.3 Å². The number of carbonyl (C=O) groups is 1. The minimum Gasteiger partial charge on any atom is -0.481 e. The summed E-state index contributed by atoms with van der Waals surface area (Å²) >= 11 is 0. The molecule has 4 heteroatoms. The van der Waals surface area contributed by atoms with Crippen LogP contribution < -0.4 is 10.2 Å². The molecule has 4 nitrogen and oxygen atoms in total. The first-order chi connectivity index (χ1) is 13.2. The summed E-state index contributed by atoms with van der Waals surface area (Å²) in [4.78, 5) is 12.3. The van der Waals surface area contributed by atoms with Crippen LogP contribution in [-0.2, 0) is 17.6 Å². The quantitative estimate of drug-likeness (QED) is 0.690. The van der Waals surface area contributed by atoms with Gasteiger partial charge in [0.2, 0.25) is 0 Å². The predicted octanol–water partition coefficient (Wildman–Crippen LogP) is 4.79. The van der Waals surface area contributed by atoms with E-state index in [1.165, 1.54) is 22.5 Å². The van der Waals surface area contributed by atoms with Gasteiger partial charge in [0.05, 0.1) is 0 Å². The Kier molecular flexibility index (Phi) is 8.85. The molecule has 2 aromatic rings. The average Bonchev–Trinajstić information content (AvgIpc) is 2.84. The van der Waals surface area contributed by atoms with Gasteiger partial charge in [-0.2, -0.15) is 0 Å². The number of aliphatic carboxylic acids is 1. The number of aryl methyl sites for hydroxylation is 2. The molecule has 0 spiro atoms. The SMILES string of the molecule is CCCCC(=O)O.CNCCCN1c2ccccc2CCc2ccccc21. The summed E-state index contributed by atoms with van der Waals surface area (Å²) < 4.78 is 0. The third kappa shape index (κ3) is 6.40. The Labute approximate surface area is 163 Å². The monoisotopic (exact) mass is 368 g/mol. The number of fused-ring (bicyclic) bond motifs is 2. The smallest absolute Gasteiger partial charge is 0.303 e. The van der Waals surface area contributed by atoms with E-state index in [-0.39, 0.29) is 0 Å². The van der Waals surface area contributed by atoms with Crippen LogP contribution in [0.1, 0.15) is 43.7 Å². The largest absolute Gasteiger partial charge is 0.481 e. The number of nitrogens with one attached hydrogen (secondary N) is 1. The maximum atomic E-state index is 9.76. The van der Waals surface area contributed by atoms with Crippen molar-refractivity contribution in [2.24, 2.45) is 0 Å². The summed E-state index contributed by atoms with van der Waals surface area (Å²) in [5.74, 6) is -0.693. The highest BCUT2D eigenvalue weighted by molar-refractivity contribution is 5.71. The van der Waals surface area contributed by atoms with Crippen LogP contribution in [0.3, 0.4) is 0 Å². The standard InChI is InChI=1S/C18H22N2.C5H10O2/c1-19-13-6-14-20-17-9-4-2-7-15(17)11-12-16-8-3-5-10-18(16)20;1-2-3-4-5(6)7/h2-5,7-10,19H,6,11-14H2,1H3;2-4H2,1H3,(H,6,7). The van der Waals surface area contributed by atoms with Crippen molar-refractivity contribution in [2.45, 2.75) is 45.4 Å². The Morgan fingerprint density at radius 1 is 1.00 bits per heavy atom. The van der Waals surface area contributed by atoms with Gasteiger partial charge in [-0.05, 0) is 62.5 Å². The van der Waals surface area contributed by atoms with Gasteiger partial charge in [0.25, 0.3) is 0 Å². The van der Waals surface area contributed by atoms with Crippen molar-refractivity contribution in [1.29, 1.82) is 0 Å². The zero-order valence-corrected chi connectivity index (χ0v) is 16.6. The van der Waals surface area contributed by atoms with Crippen LogP contribution in [0.15, 0.2) is 48.5 Å². The van der Waals surface area contributed by atoms with Gasteiger partial charge in [-0.15, -0.1) is 0 Å². The van der Waals surface area contributed by atoms with Gasteiger partial charge in [0.15, 0.2) is 0 Å². The summed E-state index contributed by atoms with van der Waals surface area (Å²) in [6.45, 7) is 4.10. The molecule has 0 saturated heterocycles. The van der Waals surface area contributed by atoms with E-state index in [1.807, 2.05) is 14.0 Å². The molecule has 0 radical (unpaired) electrons. The average molecular weight is 369 g/mol. The van der Waals surface area contributed by atoms with E-state index in [0.29, 0.717) is 6.42 Å². The molecule has 3 rings (SSSR count). The summed E-state index contributed by atoms with van der Waals surface area (Å²) in [5, 5.41) is 11.3. The second-order valence-corrected chi connectivity index (χ2v) is 6.86.